The molecule has 2 atom stereocenters. The molecule has 0 N–H and O–H groups in total. The molecule has 0 radical (unpaired) electrons. The van der Waals surface area contributed by atoms with Crippen molar-refractivity contribution in [3.05, 3.63) is 72.1 Å². The van der Waals surface area contributed by atoms with Crippen LogP contribution in [-0.4, -0.2) is 52.2 Å². The number of halogens is 5. The molecule has 0 spiro atoms. The van der Waals surface area contributed by atoms with Crippen molar-refractivity contribution < 1.29 is 35.2 Å². The predicted molar refractivity (Wildman–Crippen MR) is 122 cm³/mol. The van der Waals surface area contributed by atoms with Gasteiger partial charge >= 0.3 is 5.92 Å². The van der Waals surface area contributed by atoms with E-state index in [0.717, 1.165) is 47.2 Å². The number of aryl methyl sites for hydroxylation is 1. The van der Waals surface area contributed by atoms with Crippen LogP contribution in [0.25, 0.3) is 11.1 Å². The summed E-state index contributed by atoms with van der Waals surface area (Å²) in [5.41, 5.74) is 0.360. The molecule has 0 bridgehead atoms. The third-order valence-corrected chi connectivity index (χ3v) is 7.78. The number of Topliss-reactive ketones (excluding diaryl/α,β-unsaturated/α-hetero) is 1. The maximum Gasteiger partial charge on any atom is 0.303 e. The SMILES string of the molecule is CC(F)(F)c1ncc(-c2cc(CCC(=O)[C@@H]3C[C@@H](F)CN3S(=O)(=O)c3ccc(F)cc3)ncc2F)cn1. The van der Waals surface area contributed by atoms with Gasteiger partial charge in [0.2, 0.25) is 10.0 Å². The van der Waals surface area contributed by atoms with Crippen LogP contribution in [0.4, 0.5) is 22.0 Å². The molecule has 1 aromatic carbocycles. The number of aromatic nitrogens is 3. The zero-order valence-electron chi connectivity index (χ0n) is 19.4. The number of hydrogen-bond acceptors (Lipinski definition) is 6. The summed E-state index contributed by atoms with van der Waals surface area (Å²) in [5, 5.41) is 0. The number of nitrogens with zero attached hydrogens (tertiary/aromatic N) is 4. The molecule has 3 heterocycles. The van der Waals surface area contributed by atoms with Crippen LogP contribution < -0.4 is 0 Å². The Labute approximate surface area is 209 Å². The predicted octanol–water partition coefficient (Wildman–Crippen LogP) is 4.23. The summed E-state index contributed by atoms with van der Waals surface area (Å²) in [6, 6.07) is 4.04. The quantitative estimate of drug-likeness (QED) is 0.397. The van der Waals surface area contributed by atoms with Crippen LogP contribution >= 0.6 is 0 Å². The van der Waals surface area contributed by atoms with E-state index in [1.54, 1.807) is 0 Å². The molecule has 196 valence electrons. The molecule has 4 rings (SSSR count). The van der Waals surface area contributed by atoms with Gasteiger partial charge in [-0.2, -0.15) is 13.1 Å². The number of benzene rings is 1. The summed E-state index contributed by atoms with van der Waals surface area (Å²) in [6.45, 7) is 0.119. The van der Waals surface area contributed by atoms with Crippen LogP contribution in [0.5, 0.6) is 0 Å². The zero-order chi connectivity index (χ0) is 27.0. The fourth-order valence-electron chi connectivity index (χ4n) is 4.01. The van der Waals surface area contributed by atoms with Gasteiger partial charge in [0.05, 0.1) is 17.1 Å². The number of alkyl halides is 3. The molecule has 7 nitrogen and oxygen atoms in total. The monoisotopic (exact) mass is 540 g/mol. The summed E-state index contributed by atoms with van der Waals surface area (Å²) in [5.74, 6) is -5.95. The van der Waals surface area contributed by atoms with Crippen molar-refractivity contribution in [1.29, 1.82) is 0 Å². The highest BCUT2D eigenvalue weighted by molar-refractivity contribution is 7.89. The van der Waals surface area contributed by atoms with Crippen LogP contribution in [0.2, 0.25) is 0 Å². The van der Waals surface area contributed by atoms with Gasteiger partial charge in [-0.15, -0.1) is 0 Å². The van der Waals surface area contributed by atoms with Gasteiger partial charge in [0.15, 0.2) is 11.6 Å². The molecule has 2 aromatic heterocycles. The first-order chi connectivity index (χ1) is 17.4. The molecular formula is C24H21F5N4O3S. The Morgan fingerprint density at radius 3 is 2.35 bits per heavy atom. The van der Waals surface area contributed by atoms with Crippen molar-refractivity contribution >= 4 is 15.8 Å². The number of sulfonamides is 1. The molecule has 3 aromatic rings. The first kappa shape index (κ1) is 26.7. The van der Waals surface area contributed by atoms with Crippen molar-refractivity contribution in [3.63, 3.8) is 0 Å². The minimum absolute atomic E-state index is 0.0179. The van der Waals surface area contributed by atoms with Gasteiger partial charge in [0.1, 0.15) is 17.8 Å². The third-order valence-electron chi connectivity index (χ3n) is 5.89. The molecule has 37 heavy (non-hydrogen) atoms. The van der Waals surface area contributed by atoms with Gasteiger partial charge in [0, 0.05) is 55.5 Å². The normalized spacial score (nSPS) is 18.8. The van der Waals surface area contributed by atoms with Crippen molar-refractivity contribution in [2.45, 2.75) is 49.2 Å². The molecular weight excluding hydrogens is 519 g/mol. The molecule has 0 aliphatic carbocycles. The van der Waals surface area contributed by atoms with Gasteiger partial charge in [-0.3, -0.25) is 9.78 Å². The topological polar surface area (TPSA) is 93.1 Å². The number of rotatable bonds is 8. The standard InChI is InChI=1S/C24H21F5N4O3S/c1-24(28,29)23-31-10-14(11-32-23)19-9-17(30-12-20(19)27)4-7-22(34)21-8-16(26)13-33(21)37(35,36)18-5-2-15(25)3-6-18/h2-3,5-6,9-12,16,21H,4,7-8,13H2,1H3/t16-,21+/m1/s1. The molecule has 13 heteroatoms. The van der Waals surface area contributed by atoms with Crippen LogP contribution in [0.1, 0.15) is 31.3 Å². The van der Waals surface area contributed by atoms with Crippen molar-refractivity contribution in [2.75, 3.05) is 6.54 Å². The number of carbonyl (C=O) groups excluding carboxylic acids is 1. The van der Waals surface area contributed by atoms with E-state index in [9.17, 15) is 35.2 Å². The van der Waals surface area contributed by atoms with E-state index in [2.05, 4.69) is 15.0 Å². The molecule has 1 aliphatic heterocycles. The summed E-state index contributed by atoms with van der Waals surface area (Å²) in [7, 11) is -4.25. The van der Waals surface area contributed by atoms with Gasteiger partial charge in [-0.05, 0) is 36.8 Å². The minimum Gasteiger partial charge on any atom is -0.298 e. The Hall–Kier alpha value is -3.32. The summed E-state index contributed by atoms with van der Waals surface area (Å²) >= 11 is 0. The van der Waals surface area contributed by atoms with Gasteiger partial charge in [0.25, 0.3) is 0 Å². The number of carbonyl (C=O) groups is 1. The molecule has 1 saturated heterocycles. The van der Waals surface area contributed by atoms with Crippen LogP contribution in [0, 0.1) is 11.6 Å². The Morgan fingerprint density at radius 2 is 1.73 bits per heavy atom. The van der Waals surface area contributed by atoms with E-state index in [-0.39, 0.29) is 41.0 Å². The molecule has 1 aliphatic rings. The second kappa shape index (κ2) is 10.2. The average molecular weight is 541 g/mol. The lowest BCUT2D eigenvalue weighted by atomic mass is 10.0. The van der Waals surface area contributed by atoms with Crippen LogP contribution in [0.3, 0.4) is 0 Å². The Morgan fingerprint density at radius 1 is 1.08 bits per heavy atom. The summed E-state index contributed by atoms with van der Waals surface area (Å²) in [4.78, 5) is 23.7. The van der Waals surface area contributed by atoms with E-state index in [0.29, 0.717) is 6.92 Å². The molecule has 0 amide bonds. The van der Waals surface area contributed by atoms with Crippen molar-refractivity contribution in [2.24, 2.45) is 0 Å². The first-order valence-corrected chi connectivity index (χ1v) is 12.6. The third kappa shape index (κ3) is 5.82. The smallest absolute Gasteiger partial charge is 0.298 e. The van der Waals surface area contributed by atoms with Crippen LogP contribution in [-0.2, 0) is 27.2 Å². The number of hydrogen-bond donors (Lipinski definition) is 0. The second-order valence-corrected chi connectivity index (χ2v) is 10.6. The average Bonchev–Trinajstić information content (AvgIpc) is 3.26. The maximum atomic E-state index is 14.4. The molecule has 0 saturated carbocycles. The molecule has 0 unspecified atom stereocenters. The Bertz CT molecular complexity index is 1400. The lowest BCUT2D eigenvalue weighted by Gasteiger charge is -2.22. The van der Waals surface area contributed by atoms with Crippen molar-refractivity contribution in [3.8, 4) is 11.1 Å². The largest absolute Gasteiger partial charge is 0.303 e. The number of ketones is 1. The van der Waals surface area contributed by atoms with E-state index in [1.807, 2.05) is 0 Å². The van der Waals surface area contributed by atoms with Gasteiger partial charge < -0.3 is 0 Å². The van der Waals surface area contributed by atoms with E-state index in [1.165, 1.54) is 6.07 Å². The Balaban J connectivity index is 1.50. The first-order valence-electron chi connectivity index (χ1n) is 11.2. The highest BCUT2D eigenvalue weighted by Crippen LogP contribution is 2.30. The Kier molecular flexibility index (Phi) is 7.38. The molecule has 1 fully saturated rings. The minimum atomic E-state index is -4.25. The lowest BCUT2D eigenvalue weighted by molar-refractivity contribution is -0.122. The highest BCUT2D eigenvalue weighted by atomic mass is 32.2. The summed E-state index contributed by atoms with van der Waals surface area (Å²) < 4.78 is 95.2. The van der Waals surface area contributed by atoms with Gasteiger partial charge in [-0.25, -0.2) is 31.6 Å². The summed E-state index contributed by atoms with van der Waals surface area (Å²) in [6.07, 6.45) is 0.871. The van der Waals surface area contributed by atoms with Gasteiger partial charge in [-0.1, -0.05) is 0 Å². The van der Waals surface area contributed by atoms with Crippen molar-refractivity contribution in [1.82, 2.24) is 19.3 Å². The fraction of sp³-hybridized carbons (Fsp3) is 0.333. The second-order valence-electron chi connectivity index (χ2n) is 8.68. The number of pyridine rings is 1. The maximum absolute atomic E-state index is 14.4. The van der Waals surface area contributed by atoms with E-state index in [4.69, 9.17) is 0 Å². The van der Waals surface area contributed by atoms with Crippen LogP contribution in [0.15, 0.2) is 53.8 Å². The highest BCUT2D eigenvalue weighted by Gasteiger charge is 2.43. The lowest BCUT2D eigenvalue weighted by Crippen LogP contribution is -2.40. The fourth-order valence-corrected chi connectivity index (χ4v) is 5.66. The zero-order valence-corrected chi connectivity index (χ0v) is 20.2. The van der Waals surface area contributed by atoms with E-state index < -0.39 is 57.9 Å². The van der Waals surface area contributed by atoms with E-state index >= 15 is 0 Å².